The molecule has 1 N–H and O–H groups in total. The molecule has 0 radical (unpaired) electrons. The van der Waals surface area contributed by atoms with E-state index in [9.17, 15) is 9.59 Å². The van der Waals surface area contributed by atoms with Crippen LogP contribution >= 0.6 is 11.3 Å². The van der Waals surface area contributed by atoms with Crippen LogP contribution in [-0.2, 0) is 9.53 Å². The molecule has 94 valence electrons. The van der Waals surface area contributed by atoms with Crippen LogP contribution in [0.3, 0.4) is 0 Å². The highest BCUT2D eigenvalue weighted by Crippen LogP contribution is 2.10. The minimum absolute atomic E-state index is 0.0360. The van der Waals surface area contributed by atoms with Crippen molar-refractivity contribution in [3.63, 3.8) is 0 Å². The molecule has 1 rings (SSSR count). The molecule has 0 bridgehead atoms. The third kappa shape index (κ3) is 3.52. The van der Waals surface area contributed by atoms with Crippen molar-refractivity contribution >= 4 is 23.2 Å². The Balaban J connectivity index is 2.74. The van der Waals surface area contributed by atoms with Gasteiger partial charge in [-0.05, 0) is 12.8 Å². The molecule has 0 spiro atoms. The van der Waals surface area contributed by atoms with E-state index in [1.807, 2.05) is 20.8 Å². The summed E-state index contributed by atoms with van der Waals surface area (Å²) in [4.78, 5) is 27.4. The number of ether oxygens (including phenoxy) is 1. The lowest BCUT2D eigenvalue weighted by molar-refractivity contribution is -0.144. The Hall–Kier alpha value is -1.43. The van der Waals surface area contributed by atoms with Gasteiger partial charge in [-0.25, -0.2) is 9.78 Å². The Morgan fingerprint density at radius 3 is 2.53 bits per heavy atom. The molecule has 1 aromatic rings. The average Bonchev–Trinajstić information content (AvgIpc) is 2.71. The van der Waals surface area contributed by atoms with Gasteiger partial charge in [0.05, 0.1) is 12.1 Å². The van der Waals surface area contributed by atoms with Crippen molar-refractivity contribution in [2.75, 3.05) is 7.11 Å². The zero-order valence-corrected chi connectivity index (χ0v) is 11.1. The summed E-state index contributed by atoms with van der Waals surface area (Å²) in [6.45, 7) is 5.50. The van der Waals surface area contributed by atoms with Gasteiger partial charge in [0, 0.05) is 5.38 Å². The number of thiazole rings is 1. The molecule has 0 aromatic carbocycles. The van der Waals surface area contributed by atoms with Gasteiger partial charge < -0.3 is 10.1 Å². The number of amides is 1. The van der Waals surface area contributed by atoms with Crippen LogP contribution in [0, 0.1) is 12.8 Å². The van der Waals surface area contributed by atoms with Crippen molar-refractivity contribution in [2.24, 2.45) is 5.92 Å². The van der Waals surface area contributed by atoms with Crippen molar-refractivity contribution in [3.05, 3.63) is 16.1 Å². The van der Waals surface area contributed by atoms with Gasteiger partial charge in [0.1, 0.15) is 11.7 Å². The largest absolute Gasteiger partial charge is 0.467 e. The molecule has 0 saturated carbocycles. The first-order chi connectivity index (χ1) is 7.95. The Bertz CT molecular complexity index is 415. The van der Waals surface area contributed by atoms with Crippen LogP contribution in [0.15, 0.2) is 5.38 Å². The lowest BCUT2D eigenvalue weighted by Crippen LogP contribution is -2.45. The molecule has 0 saturated heterocycles. The predicted octanol–water partition coefficient (Wildman–Crippen LogP) is 1.38. The summed E-state index contributed by atoms with van der Waals surface area (Å²) in [6.07, 6.45) is 0. The molecule has 0 fully saturated rings. The summed E-state index contributed by atoms with van der Waals surface area (Å²) in [5, 5.41) is 5.11. The van der Waals surface area contributed by atoms with Gasteiger partial charge in [-0.3, -0.25) is 4.79 Å². The van der Waals surface area contributed by atoms with E-state index in [-0.39, 0.29) is 11.8 Å². The van der Waals surface area contributed by atoms with E-state index in [2.05, 4.69) is 15.0 Å². The molecule has 1 aromatic heterocycles. The number of nitrogens with one attached hydrogen (secondary N) is 1. The van der Waals surface area contributed by atoms with Crippen LogP contribution in [0.25, 0.3) is 0 Å². The first kappa shape index (κ1) is 13.6. The number of hydrogen-bond acceptors (Lipinski definition) is 5. The SMILES string of the molecule is COC(=O)C(NC(=O)c1csc(C)n1)C(C)C. The highest BCUT2D eigenvalue weighted by molar-refractivity contribution is 7.09. The summed E-state index contributed by atoms with van der Waals surface area (Å²) in [5.74, 6) is -0.829. The quantitative estimate of drug-likeness (QED) is 0.826. The van der Waals surface area contributed by atoms with E-state index in [1.54, 1.807) is 5.38 Å². The summed E-state index contributed by atoms with van der Waals surface area (Å²) in [5.41, 5.74) is 0.335. The number of esters is 1. The number of carbonyl (C=O) groups is 2. The normalized spacial score (nSPS) is 12.3. The average molecular weight is 256 g/mol. The predicted molar refractivity (Wildman–Crippen MR) is 65.0 cm³/mol. The molecule has 1 atom stereocenters. The van der Waals surface area contributed by atoms with E-state index in [0.717, 1.165) is 5.01 Å². The number of nitrogens with zero attached hydrogens (tertiary/aromatic N) is 1. The maximum absolute atomic E-state index is 11.8. The summed E-state index contributed by atoms with van der Waals surface area (Å²) < 4.78 is 4.64. The first-order valence-corrected chi connectivity index (χ1v) is 6.14. The van der Waals surface area contributed by atoms with E-state index >= 15 is 0 Å². The lowest BCUT2D eigenvalue weighted by atomic mass is 10.0. The van der Waals surface area contributed by atoms with Gasteiger partial charge in [-0.15, -0.1) is 11.3 Å². The van der Waals surface area contributed by atoms with Crippen LogP contribution in [0.1, 0.15) is 29.3 Å². The van der Waals surface area contributed by atoms with Crippen LogP contribution < -0.4 is 5.32 Å². The third-order valence-electron chi connectivity index (χ3n) is 2.26. The second-order valence-corrected chi connectivity index (χ2v) is 5.03. The van der Waals surface area contributed by atoms with Crippen LogP contribution in [0.4, 0.5) is 0 Å². The second-order valence-electron chi connectivity index (χ2n) is 3.97. The minimum Gasteiger partial charge on any atom is -0.467 e. The van der Waals surface area contributed by atoms with Crippen molar-refractivity contribution in [2.45, 2.75) is 26.8 Å². The Morgan fingerprint density at radius 1 is 1.47 bits per heavy atom. The summed E-state index contributed by atoms with van der Waals surface area (Å²) in [7, 11) is 1.30. The zero-order valence-electron chi connectivity index (χ0n) is 10.3. The van der Waals surface area contributed by atoms with E-state index < -0.39 is 12.0 Å². The molecular weight excluding hydrogens is 240 g/mol. The highest BCUT2D eigenvalue weighted by Gasteiger charge is 2.25. The monoisotopic (exact) mass is 256 g/mol. The van der Waals surface area contributed by atoms with Crippen LogP contribution in [0.5, 0.6) is 0 Å². The molecule has 1 amide bonds. The van der Waals surface area contributed by atoms with Gasteiger partial charge >= 0.3 is 5.97 Å². The maximum Gasteiger partial charge on any atom is 0.328 e. The number of hydrogen-bond donors (Lipinski definition) is 1. The fourth-order valence-corrected chi connectivity index (χ4v) is 1.90. The molecular formula is C11H16N2O3S. The third-order valence-corrected chi connectivity index (χ3v) is 3.03. The molecule has 0 aliphatic rings. The topological polar surface area (TPSA) is 68.3 Å². The molecule has 17 heavy (non-hydrogen) atoms. The maximum atomic E-state index is 11.8. The number of rotatable bonds is 4. The Labute approximate surface area is 104 Å². The van der Waals surface area contributed by atoms with Crippen molar-refractivity contribution < 1.29 is 14.3 Å². The first-order valence-electron chi connectivity index (χ1n) is 5.26. The minimum atomic E-state index is -0.644. The van der Waals surface area contributed by atoms with Crippen LogP contribution in [0.2, 0.25) is 0 Å². The zero-order chi connectivity index (χ0) is 13.0. The van der Waals surface area contributed by atoms with Gasteiger partial charge in [-0.2, -0.15) is 0 Å². The number of methoxy groups -OCH3 is 1. The highest BCUT2D eigenvalue weighted by atomic mass is 32.1. The van der Waals surface area contributed by atoms with E-state index in [4.69, 9.17) is 0 Å². The van der Waals surface area contributed by atoms with E-state index in [1.165, 1.54) is 18.4 Å². The van der Waals surface area contributed by atoms with E-state index in [0.29, 0.717) is 5.69 Å². The van der Waals surface area contributed by atoms with Gasteiger partial charge in [-0.1, -0.05) is 13.8 Å². The Morgan fingerprint density at radius 2 is 2.12 bits per heavy atom. The van der Waals surface area contributed by atoms with Gasteiger partial charge in [0.2, 0.25) is 0 Å². The molecule has 0 aliphatic carbocycles. The summed E-state index contributed by atoms with van der Waals surface area (Å²) in [6, 6.07) is -0.644. The standard InChI is InChI=1S/C11H16N2O3S/c1-6(2)9(11(15)16-4)13-10(14)8-5-17-7(3)12-8/h5-6,9H,1-4H3,(H,13,14). The van der Waals surface area contributed by atoms with Crippen molar-refractivity contribution in [1.82, 2.24) is 10.3 Å². The summed E-state index contributed by atoms with van der Waals surface area (Å²) >= 11 is 1.39. The molecule has 6 heteroatoms. The number of aryl methyl sites for hydroxylation is 1. The second kappa shape index (κ2) is 5.77. The molecule has 1 unspecified atom stereocenters. The van der Waals surface area contributed by atoms with Gasteiger partial charge in [0.25, 0.3) is 5.91 Å². The molecule has 5 nitrogen and oxygen atoms in total. The Kier molecular flexibility index (Phi) is 4.62. The lowest BCUT2D eigenvalue weighted by Gasteiger charge is -2.19. The fourth-order valence-electron chi connectivity index (χ4n) is 1.31. The van der Waals surface area contributed by atoms with Gasteiger partial charge in [0.15, 0.2) is 0 Å². The van der Waals surface area contributed by atoms with Crippen molar-refractivity contribution in [3.8, 4) is 0 Å². The van der Waals surface area contributed by atoms with Crippen LogP contribution in [-0.4, -0.2) is 30.0 Å². The molecule has 0 aliphatic heterocycles. The van der Waals surface area contributed by atoms with Crippen molar-refractivity contribution in [1.29, 1.82) is 0 Å². The fraction of sp³-hybridized carbons (Fsp3) is 0.545. The molecule has 1 heterocycles. The number of aromatic nitrogens is 1. The smallest absolute Gasteiger partial charge is 0.328 e. The number of carbonyl (C=O) groups excluding carboxylic acids is 2.